The number of rotatable bonds is 3. The Labute approximate surface area is 145 Å². The second-order valence-electron chi connectivity index (χ2n) is 6.03. The number of hydrogen-bond acceptors (Lipinski definition) is 4. The van der Waals surface area contributed by atoms with Gasteiger partial charge in [-0.05, 0) is 24.5 Å². The first-order chi connectivity index (χ1) is 11.7. The topological polar surface area (TPSA) is 77.9 Å². The van der Waals surface area contributed by atoms with E-state index in [0.717, 1.165) is 4.90 Å². The van der Waals surface area contributed by atoms with Crippen molar-refractivity contribution in [2.45, 2.75) is 30.8 Å². The van der Waals surface area contributed by atoms with E-state index in [-0.39, 0.29) is 41.9 Å². The van der Waals surface area contributed by atoms with Crippen LogP contribution in [-0.4, -0.2) is 63.1 Å². The molecule has 0 saturated carbocycles. The normalized spacial score (nSPS) is 26.0. The fourth-order valence-corrected chi connectivity index (χ4v) is 4.36. The minimum Gasteiger partial charge on any atom is -0.477 e. The lowest BCUT2D eigenvalue weighted by Crippen LogP contribution is -2.53. The van der Waals surface area contributed by atoms with Crippen LogP contribution >= 0.6 is 11.8 Å². The molecule has 2 amide bonds. The minimum atomic E-state index is -4.48. The number of likely N-dealkylation sites (tertiary alicyclic amines) is 1. The molecule has 136 valence electrons. The van der Waals surface area contributed by atoms with Crippen molar-refractivity contribution in [1.82, 2.24) is 9.80 Å². The van der Waals surface area contributed by atoms with E-state index in [1.807, 2.05) is 0 Å². The lowest BCUT2D eigenvalue weighted by Gasteiger charge is -2.43. The molecule has 3 aliphatic heterocycles. The number of allylic oxidation sites excluding steroid dienone is 1. The lowest BCUT2D eigenvalue weighted by atomic mass is 9.99. The number of hydrogen-bond donors (Lipinski definition) is 1. The van der Waals surface area contributed by atoms with Gasteiger partial charge in [0.15, 0.2) is 0 Å². The van der Waals surface area contributed by atoms with E-state index in [0.29, 0.717) is 17.7 Å². The molecule has 0 aliphatic carbocycles. The van der Waals surface area contributed by atoms with E-state index < -0.39 is 24.6 Å². The monoisotopic (exact) mass is 376 g/mol. The number of aliphatic carboxylic acids is 1. The summed E-state index contributed by atoms with van der Waals surface area (Å²) in [5.41, 5.74) is 0.267. The van der Waals surface area contributed by atoms with Crippen LogP contribution in [0.1, 0.15) is 19.3 Å². The number of carbonyl (C=O) groups is 3. The van der Waals surface area contributed by atoms with E-state index in [4.69, 9.17) is 0 Å². The van der Waals surface area contributed by atoms with Gasteiger partial charge in [0.2, 0.25) is 11.8 Å². The smallest absolute Gasteiger partial charge is 0.406 e. The highest BCUT2D eigenvalue weighted by Crippen LogP contribution is 2.40. The number of thioether (sulfide) groups is 1. The summed E-state index contributed by atoms with van der Waals surface area (Å²) in [6.45, 7) is -1.31. The molecule has 0 aromatic carbocycles. The Morgan fingerprint density at radius 3 is 2.68 bits per heavy atom. The molecule has 0 spiro atoms. The van der Waals surface area contributed by atoms with Crippen LogP contribution in [0.25, 0.3) is 0 Å². The summed E-state index contributed by atoms with van der Waals surface area (Å²) in [5, 5.41) is 9.20. The van der Waals surface area contributed by atoms with E-state index >= 15 is 0 Å². The number of amides is 2. The first-order valence-electron chi connectivity index (χ1n) is 7.64. The molecule has 25 heavy (non-hydrogen) atoms. The Morgan fingerprint density at radius 2 is 2.08 bits per heavy atom. The summed E-state index contributed by atoms with van der Waals surface area (Å²) in [6.07, 6.45) is -2.21. The highest BCUT2D eigenvalue weighted by molar-refractivity contribution is 8.00. The Hall–Kier alpha value is -1.97. The SMILES string of the molecule is O=C(O)C1=C(/C=C2\CCCN(CC(F)(F)F)C2=O)CSC2CC(=O)N12. The third-order valence-electron chi connectivity index (χ3n) is 4.24. The molecule has 1 atom stereocenters. The zero-order valence-electron chi connectivity index (χ0n) is 13.0. The van der Waals surface area contributed by atoms with Crippen molar-refractivity contribution in [2.24, 2.45) is 0 Å². The van der Waals surface area contributed by atoms with Gasteiger partial charge in [-0.1, -0.05) is 0 Å². The number of β-lactam (4-membered cyclic amide) rings is 1. The molecule has 3 rings (SSSR count). The molecule has 1 N–H and O–H groups in total. The fraction of sp³-hybridized carbons (Fsp3) is 0.533. The van der Waals surface area contributed by atoms with Gasteiger partial charge in [-0.2, -0.15) is 13.2 Å². The number of carbonyl (C=O) groups excluding carboxylic acids is 2. The second-order valence-corrected chi connectivity index (χ2v) is 7.19. The summed E-state index contributed by atoms with van der Waals surface area (Å²) in [5.74, 6) is -2.02. The number of carboxylic acids is 1. The standard InChI is InChI=1S/C15H15F3N2O4S/c16-15(17,18)7-19-3-1-2-8(13(19)22)4-9-6-25-11-5-10(21)20(11)12(9)14(23)24/h4,11H,1-3,5-7H2,(H,23,24)/b8-4+. The molecule has 0 bridgehead atoms. The highest BCUT2D eigenvalue weighted by Gasteiger charge is 2.45. The van der Waals surface area contributed by atoms with Gasteiger partial charge in [0, 0.05) is 17.9 Å². The lowest BCUT2D eigenvalue weighted by molar-refractivity contribution is -0.160. The first kappa shape index (κ1) is 17.8. The summed E-state index contributed by atoms with van der Waals surface area (Å²) in [6, 6.07) is 0. The van der Waals surface area contributed by atoms with Crippen LogP contribution in [0.5, 0.6) is 0 Å². The van der Waals surface area contributed by atoms with Gasteiger partial charge in [-0.15, -0.1) is 11.8 Å². The molecule has 10 heteroatoms. The summed E-state index contributed by atoms with van der Waals surface area (Å²) >= 11 is 1.38. The zero-order valence-corrected chi connectivity index (χ0v) is 13.8. The van der Waals surface area contributed by atoms with Gasteiger partial charge < -0.3 is 10.0 Å². The van der Waals surface area contributed by atoms with E-state index in [9.17, 15) is 32.7 Å². The van der Waals surface area contributed by atoms with Gasteiger partial charge >= 0.3 is 12.1 Å². The predicted molar refractivity (Wildman–Crippen MR) is 82.3 cm³/mol. The number of nitrogens with zero attached hydrogens (tertiary/aromatic N) is 2. The average molecular weight is 376 g/mol. The van der Waals surface area contributed by atoms with Crippen molar-refractivity contribution >= 4 is 29.5 Å². The number of halogens is 3. The molecular formula is C15H15F3N2O4S. The summed E-state index contributed by atoms with van der Waals surface area (Å²) in [4.78, 5) is 37.4. The zero-order chi connectivity index (χ0) is 18.4. The largest absolute Gasteiger partial charge is 0.477 e. The third-order valence-corrected chi connectivity index (χ3v) is 5.48. The van der Waals surface area contributed by atoms with Crippen LogP contribution in [0.15, 0.2) is 22.9 Å². The highest BCUT2D eigenvalue weighted by atomic mass is 32.2. The number of piperidine rings is 1. The maximum Gasteiger partial charge on any atom is 0.406 e. The van der Waals surface area contributed by atoms with Crippen LogP contribution in [0.4, 0.5) is 13.2 Å². The third kappa shape index (κ3) is 3.53. The van der Waals surface area contributed by atoms with Crippen LogP contribution in [0.2, 0.25) is 0 Å². The molecule has 0 radical (unpaired) electrons. The van der Waals surface area contributed by atoms with Crippen molar-refractivity contribution < 1.29 is 32.7 Å². The van der Waals surface area contributed by atoms with Crippen molar-refractivity contribution in [3.05, 3.63) is 22.9 Å². The molecule has 3 heterocycles. The number of fused-ring (bicyclic) bond motifs is 1. The Bertz CT molecular complexity index is 701. The molecular weight excluding hydrogens is 361 g/mol. The quantitative estimate of drug-likeness (QED) is 0.600. The van der Waals surface area contributed by atoms with Crippen molar-refractivity contribution in [3.8, 4) is 0 Å². The van der Waals surface area contributed by atoms with Gasteiger partial charge in [0.05, 0.1) is 11.8 Å². The van der Waals surface area contributed by atoms with Crippen molar-refractivity contribution in [3.63, 3.8) is 0 Å². The molecule has 2 saturated heterocycles. The summed E-state index contributed by atoms with van der Waals surface area (Å²) in [7, 11) is 0. The second kappa shape index (κ2) is 6.40. The van der Waals surface area contributed by atoms with Crippen molar-refractivity contribution in [1.29, 1.82) is 0 Å². The Morgan fingerprint density at radius 1 is 1.36 bits per heavy atom. The fourth-order valence-electron chi connectivity index (χ4n) is 3.13. The Kier molecular flexibility index (Phi) is 4.56. The number of carboxylic acid groups (broad SMARTS) is 1. The van der Waals surface area contributed by atoms with Gasteiger partial charge in [0.25, 0.3) is 0 Å². The van der Waals surface area contributed by atoms with Gasteiger partial charge in [-0.3, -0.25) is 14.5 Å². The van der Waals surface area contributed by atoms with Crippen LogP contribution in [-0.2, 0) is 14.4 Å². The van der Waals surface area contributed by atoms with E-state index in [1.165, 1.54) is 22.7 Å². The van der Waals surface area contributed by atoms with Gasteiger partial charge in [0.1, 0.15) is 12.2 Å². The van der Waals surface area contributed by atoms with Crippen molar-refractivity contribution in [2.75, 3.05) is 18.8 Å². The molecule has 3 aliphatic rings. The maximum atomic E-state index is 12.6. The first-order valence-corrected chi connectivity index (χ1v) is 8.69. The van der Waals surface area contributed by atoms with E-state index in [1.54, 1.807) is 0 Å². The predicted octanol–water partition coefficient (Wildman–Crippen LogP) is 1.74. The average Bonchev–Trinajstić information content (AvgIpc) is 2.49. The van der Waals surface area contributed by atoms with Crippen LogP contribution in [0, 0.1) is 0 Å². The van der Waals surface area contributed by atoms with Crippen LogP contribution < -0.4 is 0 Å². The Balaban J connectivity index is 1.89. The minimum absolute atomic E-state index is 0.0158. The molecule has 0 aromatic heterocycles. The van der Waals surface area contributed by atoms with Gasteiger partial charge in [-0.25, -0.2) is 4.79 Å². The molecule has 0 aromatic rings. The van der Waals surface area contributed by atoms with E-state index in [2.05, 4.69) is 0 Å². The molecule has 6 nitrogen and oxygen atoms in total. The molecule has 1 unspecified atom stereocenters. The number of alkyl halides is 3. The summed E-state index contributed by atoms with van der Waals surface area (Å²) < 4.78 is 37.7. The van der Waals surface area contributed by atoms with Crippen LogP contribution in [0.3, 0.4) is 0 Å². The molecule has 2 fully saturated rings. The maximum absolute atomic E-state index is 12.6.